The zero-order valence-corrected chi connectivity index (χ0v) is 14.1. The van der Waals surface area contributed by atoms with Crippen molar-refractivity contribution in [1.29, 1.82) is 0 Å². The van der Waals surface area contributed by atoms with E-state index in [0.29, 0.717) is 0 Å². The summed E-state index contributed by atoms with van der Waals surface area (Å²) in [6.45, 7) is 4.21. The van der Waals surface area contributed by atoms with Gasteiger partial charge in [0, 0.05) is 7.11 Å². The number of nitrogens with one attached hydrogen (secondary N) is 1. The Morgan fingerprint density at radius 3 is 2.29 bits per heavy atom. The van der Waals surface area contributed by atoms with Crippen LogP contribution in [0.2, 0.25) is 0 Å². The minimum Gasteiger partial charge on any atom is -0.461 e. The number of hydrogen-bond donors (Lipinski definition) is 4. The molecule has 0 saturated carbocycles. The Bertz CT molecular complexity index is 434. The fraction of sp³-hybridized carbons (Fsp3) is 0.857. The molecule has 1 amide bonds. The molecule has 0 bridgehead atoms. The summed E-state index contributed by atoms with van der Waals surface area (Å²) in [7, 11) is 1.26. The van der Waals surface area contributed by atoms with Crippen molar-refractivity contribution in [2.45, 2.75) is 57.1 Å². The number of hydrogen-bond acceptors (Lipinski definition) is 9. The van der Waals surface area contributed by atoms with Crippen LogP contribution in [0.4, 0.5) is 4.79 Å². The highest BCUT2D eigenvalue weighted by molar-refractivity contribution is 5.78. The van der Waals surface area contributed by atoms with E-state index in [9.17, 15) is 24.9 Å². The first kappa shape index (κ1) is 20.6. The van der Waals surface area contributed by atoms with Crippen LogP contribution in [0, 0.1) is 0 Å². The molecule has 1 aliphatic heterocycles. The number of methoxy groups -OCH3 is 1. The molecule has 0 aromatic carbocycles. The van der Waals surface area contributed by atoms with Crippen molar-refractivity contribution >= 4 is 12.1 Å². The zero-order chi connectivity index (χ0) is 18.5. The van der Waals surface area contributed by atoms with Crippen molar-refractivity contribution in [3.8, 4) is 0 Å². The summed E-state index contributed by atoms with van der Waals surface area (Å²) in [6.07, 6.45) is -7.41. The van der Waals surface area contributed by atoms with Gasteiger partial charge < -0.3 is 39.6 Å². The van der Waals surface area contributed by atoms with Gasteiger partial charge in [-0.25, -0.2) is 4.79 Å². The van der Waals surface area contributed by atoms with E-state index in [2.05, 4.69) is 5.32 Å². The van der Waals surface area contributed by atoms with Gasteiger partial charge in [0.25, 0.3) is 0 Å². The number of alkyl carbamates (subject to hydrolysis) is 1. The average molecular weight is 351 g/mol. The van der Waals surface area contributed by atoms with Crippen LogP contribution < -0.4 is 5.32 Å². The zero-order valence-electron chi connectivity index (χ0n) is 14.1. The van der Waals surface area contributed by atoms with E-state index in [4.69, 9.17) is 18.9 Å². The van der Waals surface area contributed by atoms with Crippen molar-refractivity contribution in [3.63, 3.8) is 0 Å². The predicted octanol–water partition coefficient (Wildman–Crippen LogP) is -1.49. The molecular formula is C14H25NO9. The summed E-state index contributed by atoms with van der Waals surface area (Å²) in [4.78, 5) is 23.0. The van der Waals surface area contributed by atoms with Crippen molar-refractivity contribution in [2.75, 3.05) is 20.3 Å². The maximum Gasteiger partial charge on any atom is 0.408 e. The largest absolute Gasteiger partial charge is 0.461 e. The second kappa shape index (κ2) is 8.58. The highest BCUT2D eigenvalue weighted by atomic mass is 16.7. The summed E-state index contributed by atoms with van der Waals surface area (Å²) in [5.41, 5.74) is -0.694. The van der Waals surface area contributed by atoms with Gasteiger partial charge in [-0.3, -0.25) is 4.79 Å². The molecule has 1 saturated heterocycles. The van der Waals surface area contributed by atoms with Crippen LogP contribution in [0.25, 0.3) is 0 Å². The van der Waals surface area contributed by atoms with E-state index in [1.165, 1.54) is 7.11 Å². The van der Waals surface area contributed by atoms with E-state index in [-0.39, 0.29) is 6.61 Å². The molecule has 0 aromatic rings. The van der Waals surface area contributed by atoms with Gasteiger partial charge in [-0.15, -0.1) is 0 Å². The summed E-state index contributed by atoms with van der Waals surface area (Å²) in [5.74, 6) is -0.786. The van der Waals surface area contributed by atoms with Gasteiger partial charge in [-0.2, -0.15) is 0 Å². The summed E-state index contributed by atoms with van der Waals surface area (Å²) >= 11 is 0. The quantitative estimate of drug-likeness (QED) is 0.435. The number of rotatable bonds is 5. The maximum atomic E-state index is 11.6. The number of ether oxygens (including phenoxy) is 4. The molecule has 10 heteroatoms. The van der Waals surface area contributed by atoms with Crippen LogP contribution in [-0.2, 0) is 23.7 Å². The lowest BCUT2D eigenvalue weighted by Crippen LogP contribution is -2.59. The molecule has 1 heterocycles. The molecule has 1 aliphatic rings. The Kier molecular flexibility index (Phi) is 7.36. The van der Waals surface area contributed by atoms with Gasteiger partial charge in [0.1, 0.15) is 43.2 Å². The molecule has 0 radical (unpaired) electrons. The lowest BCUT2D eigenvalue weighted by molar-refractivity contribution is -0.295. The number of aliphatic hydroxyl groups excluding tert-OH is 3. The number of esters is 1. The Labute approximate surface area is 139 Å². The lowest BCUT2D eigenvalue weighted by Gasteiger charge is -2.39. The molecule has 0 aromatic heterocycles. The summed E-state index contributed by atoms with van der Waals surface area (Å²) in [6, 6.07) is 0. The van der Waals surface area contributed by atoms with Crippen molar-refractivity contribution in [3.05, 3.63) is 0 Å². The molecule has 0 spiro atoms. The van der Waals surface area contributed by atoms with Crippen LogP contribution in [0.5, 0.6) is 0 Å². The maximum absolute atomic E-state index is 11.6. The average Bonchev–Trinajstić information content (AvgIpc) is 2.48. The van der Waals surface area contributed by atoms with Crippen molar-refractivity contribution in [1.82, 2.24) is 5.32 Å². The van der Waals surface area contributed by atoms with Crippen LogP contribution >= 0.6 is 0 Å². The molecular weight excluding hydrogens is 326 g/mol. The highest BCUT2D eigenvalue weighted by Gasteiger charge is 2.44. The van der Waals surface area contributed by atoms with Gasteiger partial charge in [-0.1, -0.05) is 0 Å². The number of carbonyl (C=O) groups excluding carboxylic acids is 2. The minimum atomic E-state index is -1.51. The summed E-state index contributed by atoms with van der Waals surface area (Å²) < 4.78 is 19.8. The van der Waals surface area contributed by atoms with Gasteiger partial charge in [-0.05, 0) is 20.8 Å². The SMILES string of the molecule is CO[C@H]1O[C@H](COC(=O)CNC(=O)OC(C)(C)C)[C@@H](O)[C@H](O)[C@@H]1O. The molecule has 10 nitrogen and oxygen atoms in total. The van der Waals surface area contributed by atoms with Gasteiger partial charge >= 0.3 is 12.1 Å². The topological polar surface area (TPSA) is 144 Å². The third-order valence-corrected chi connectivity index (χ3v) is 3.09. The van der Waals surface area contributed by atoms with Crippen LogP contribution in [0.1, 0.15) is 20.8 Å². The van der Waals surface area contributed by atoms with Crippen LogP contribution in [0.15, 0.2) is 0 Å². The third kappa shape index (κ3) is 6.21. The third-order valence-electron chi connectivity index (χ3n) is 3.09. The van der Waals surface area contributed by atoms with E-state index in [0.717, 1.165) is 0 Å². The molecule has 1 fully saturated rings. The Hall–Kier alpha value is -1.46. The Morgan fingerprint density at radius 2 is 1.75 bits per heavy atom. The van der Waals surface area contributed by atoms with Crippen LogP contribution in [0.3, 0.4) is 0 Å². The highest BCUT2D eigenvalue weighted by Crippen LogP contribution is 2.21. The predicted molar refractivity (Wildman–Crippen MR) is 78.9 cm³/mol. The van der Waals surface area contributed by atoms with E-state index in [1.807, 2.05) is 0 Å². The van der Waals surface area contributed by atoms with Gasteiger partial charge in [0.2, 0.25) is 0 Å². The van der Waals surface area contributed by atoms with Gasteiger partial charge in [0.15, 0.2) is 6.29 Å². The standard InChI is InChI=1S/C14H25NO9/c1-14(2,3)24-13(20)15-5-8(16)22-6-7-9(17)10(18)11(19)12(21-4)23-7/h7,9-12,17-19H,5-6H2,1-4H3,(H,15,20)/t7-,9-,10+,11+,12+/m1/s1. The van der Waals surface area contributed by atoms with Crippen LogP contribution in [-0.4, -0.2) is 84.0 Å². The van der Waals surface area contributed by atoms with E-state index < -0.39 is 54.9 Å². The second-order valence-electron chi connectivity index (χ2n) is 6.29. The fourth-order valence-corrected chi connectivity index (χ4v) is 1.93. The second-order valence-corrected chi connectivity index (χ2v) is 6.29. The first-order chi connectivity index (χ1) is 11.0. The molecule has 5 atom stereocenters. The van der Waals surface area contributed by atoms with E-state index >= 15 is 0 Å². The van der Waals surface area contributed by atoms with Crippen molar-refractivity contribution < 1.29 is 43.9 Å². The van der Waals surface area contributed by atoms with E-state index in [1.54, 1.807) is 20.8 Å². The molecule has 1 rings (SSSR count). The number of aliphatic hydroxyl groups is 3. The number of amides is 1. The fourth-order valence-electron chi connectivity index (χ4n) is 1.93. The Morgan fingerprint density at radius 1 is 1.12 bits per heavy atom. The first-order valence-corrected chi connectivity index (χ1v) is 7.40. The smallest absolute Gasteiger partial charge is 0.408 e. The first-order valence-electron chi connectivity index (χ1n) is 7.40. The Balaban J connectivity index is 2.39. The molecule has 24 heavy (non-hydrogen) atoms. The molecule has 0 unspecified atom stereocenters. The minimum absolute atomic E-state index is 0.389. The normalized spacial score (nSPS) is 30.5. The van der Waals surface area contributed by atoms with Gasteiger partial charge in [0.05, 0.1) is 0 Å². The molecule has 140 valence electrons. The van der Waals surface area contributed by atoms with Crippen molar-refractivity contribution in [2.24, 2.45) is 0 Å². The molecule has 0 aliphatic carbocycles. The summed E-state index contributed by atoms with van der Waals surface area (Å²) in [5, 5.41) is 31.3. The number of carbonyl (C=O) groups is 2. The molecule has 4 N–H and O–H groups in total. The lowest BCUT2D eigenvalue weighted by atomic mass is 9.99. The monoisotopic (exact) mass is 351 g/mol.